The summed E-state index contributed by atoms with van der Waals surface area (Å²) >= 11 is 0. The number of benzene rings is 2. The Hall–Kier alpha value is -2.66. The summed E-state index contributed by atoms with van der Waals surface area (Å²) in [5.41, 5.74) is 8.57. The molecule has 0 bridgehead atoms. The summed E-state index contributed by atoms with van der Waals surface area (Å²) in [7, 11) is 0. The van der Waals surface area contributed by atoms with E-state index >= 15 is 0 Å². The van der Waals surface area contributed by atoms with Gasteiger partial charge < -0.3 is 15.8 Å². The molecule has 0 aliphatic rings. The fourth-order valence-electron chi connectivity index (χ4n) is 1.93. The van der Waals surface area contributed by atoms with E-state index < -0.39 is 6.04 Å². The molecule has 0 saturated heterocycles. The molecule has 0 aliphatic heterocycles. The summed E-state index contributed by atoms with van der Waals surface area (Å²) in [6, 6.07) is 13.8. The number of carbonyl (C=O) groups excluding carboxylic acids is 2. The van der Waals surface area contributed by atoms with Gasteiger partial charge in [-0.15, -0.1) is 0 Å². The summed E-state index contributed by atoms with van der Waals surface area (Å²) in [6.45, 7) is 2.51. The van der Waals surface area contributed by atoms with Gasteiger partial charge in [-0.3, -0.25) is 9.59 Å². The third kappa shape index (κ3) is 5.23. The second-order valence-corrected chi connectivity index (χ2v) is 5.31. The van der Waals surface area contributed by atoms with Gasteiger partial charge >= 0.3 is 0 Å². The molecule has 0 unspecified atom stereocenters. The van der Waals surface area contributed by atoms with Gasteiger partial charge in [0.1, 0.15) is 24.7 Å². The molecule has 0 saturated carbocycles. The lowest BCUT2D eigenvalue weighted by Crippen LogP contribution is -2.44. The van der Waals surface area contributed by atoms with Crippen molar-refractivity contribution in [3.05, 3.63) is 65.2 Å². The van der Waals surface area contributed by atoms with Gasteiger partial charge in [0.25, 0.3) is 0 Å². The fourth-order valence-corrected chi connectivity index (χ4v) is 1.93. The van der Waals surface area contributed by atoms with Crippen LogP contribution in [-0.2, 0) is 11.3 Å². The lowest BCUT2D eigenvalue weighted by atomic mass is 10.1. The monoisotopic (exact) mass is 312 g/mol. The van der Waals surface area contributed by atoms with Gasteiger partial charge in [0, 0.05) is 12.1 Å². The molecule has 5 nitrogen and oxygen atoms in total. The molecule has 0 heterocycles. The Morgan fingerprint density at radius 1 is 1.17 bits per heavy atom. The topological polar surface area (TPSA) is 81.4 Å². The predicted molar refractivity (Wildman–Crippen MR) is 88.3 cm³/mol. The minimum absolute atomic E-state index is 0.0696. The van der Waals surface area contributed by atoms with E-state index in [-0.39, 0.29) is 12.5 Å². The van der Waals surface area contributed by atoms with Crippen molar-refractivity contribution in [2.75, 3.05) is 6.61 Å². The maximum Gasteiger partial charge on any atom is 0.240 e. The maximum atomic E-state index is 11.9. The van der Waals surface area contributed by atoms with E-state index in [1.165, 1.54) is 5.56 Å². The molecule has 120 valence electrons. The van der Waals surface area contributed by atoms with Crippen LogP contribution < -0.4 is 15.8 Å². The van der Waals surface area contributed by atoms with Crippen LogP contribution >= 0.6 is 0 Å². The standard InChI is InChI=1S/C18H20N2O3/c1-13-2-4-14(5-3-13)10-20-18(22)17(19)12-23-16-8-6-15(11-21)7-9-16/h2-9,11,17H,10,12,19H2,1H3,(H,20,22)/t17-/m0/s1. The van der Waals surface area contributed by atoms with Crippen molar-refractivity contribution >= 4 is 12.2 Å². The van der Waals surface area contributed by atoms with Crippen LogP contribution in [0.4, 0.5) is 0 Å². The van der Waals surface area contributed by atoms with Crippen LogP contribution in [-0.4, -0.2) is 24.8 Å². The SMILES string of the molecule is Cc1ccc(CNC(=O)[C@@H](N)COc2ccc(C=O)cc2)cc1. The van der Waals surface area contributed by atoms with E-state index in [0.29, 0.717) is 17.9 Å². The highest BCUT2D eigenvalue weighted by molar-refractivity contribution is 5.81. The summed E-state index contributed by atoms with van der Waals surface area (Å²) in [6.07, 6.45) is 0.758. The average Bonchev–Trinajstić information content (AvgIpc) is 2.59. The first-order chi connectivity index (χ1) is 11.1. The molecule has 23 heavy (non-hydrogen) atoms. The number of hydrogen-bond donors (Lipinski definition) is 2. The normalized spacial score (nSPS) is 11.6. The molecule has 0 spiro atoms. The molecular weight excluding hydrogens is 292 g/mol. The number of carbonyl (C=O) groups is 2. The molecule has 2 aromatic rings. The molecular formula is C18H20N2O3. The highest BCUT2D eigenvalue weighted by Crippen LogP contribution is 2.11. The molecule has 0 aromatic heterocycles. The largest absolute Gasteiger partial charge is 0.491 e. The summed E-state index contributed by atoms with van der Waals surface area (Å²) in [5, 5.41) is 2.78. The van der Waals surface area contributed by atoms with E-state index in [1.807, 2.05) is 31.2 Å². The van der Waals surface area contributed by atoms with Gasteiger partial charge in [0.2, 0.25) is 5.91 Å². The van der Waals surface area contributed by atoms with Gasteiger partial charge in [0.15, 0.2) is 0 Å². The Balaban J connectivity index is 1.77. The van der Waals surface area contributed by atoms with Crippen molar-refractivity contribution in [3.8, 4) is 5.75 Å². The molecule has 0 aliphatic carbocycles. The van der Waals surface area contributed by atoms with E-state index in [2.05, 4.69) is 5.32 Å². The molecule has 2 aromatic carbocycles. The van der Waals surface area contributed by atoms with Crippen LogP contribution in [0, 0.1) is 6.92 Å². The smallest absolute Gasteiger partial charge is 0.240 e. The number of rotatable bonds is 7. The lowest BCUT2D eigenvalue weighted by molar-refractivity contribution is -0.123. The van der Waals surface area contributed by atoms with Crippen LogP contribution in [0.2, 0.25) is 0 Å². The van der Waals surface area contributed by atoms with Crippen molar-refractivity contribution in [2.45, 2.75) is 19.5 Å². The Bertz CT molecular complexity index is 651. The first-order valence-corrected chi connectivity index (χ1v) is 7.35. The van der Waals surface area contributed by atoms with Gasteiger partial charge in [-0.25, -0.2) is 0 Å². The summed E-state index contributed by atoms with van der Waals surface area (Å²) in [5.74, 6) is 0.299. The zero-order valence-electron chi connectivity index (χ0n) is 13.0. The molecule has 5 heteroatoms. The Morgan fingerprint density at radius 2 is 1.83 bits per heavy atom. The first kappa shape index (κ1) is 16.7. The number of hydrogen-bond acceptors (Lipinski definition) is 4. The zero-order valence-corrected chi connectivity index (χ0v) is 13.0. The number of aldehydes is 1. The highest BCUT2D eigenvalue weighted by Gasteiger charge is 2.13. The van der Waals surface area contributed by atoms with Crippen molar-refractivity contribution in [1.82, 2.24) is 5.32 Å². The van der Waals surface area contributed by atoms with Crippen molar-refractivity contribution in [2.24, 2.45) is 5.73 Å². The molecule has 2 rings (SSSR count). The zero-order chi connectivity index (χ0) is 16.7. The van der Waals surface area contributed by atoms with Gasteiger partial charge in [-0.1, -0.05) is 29.8 Å². The second kappa shape index (κ2) is 8.10. The number of aryl methyl sites for hydroxylation is 1. The van der Waals surface area contributed by atoms with Crippen molar-refractivity contribution < 1.29 is 14.3 Å². The van der Waals surface area contributed by atoms with Crippen molar-refractivity contribution in [3.63, 3.8) is 0 Å². The molecule has 0 fully saturated rings. The Kier molecular flexibility index (Phi) is 5.88. The van der Waals surface area contributed by atoms with Gasteiger partial charge in [-0.2, -0.15) is 0 Å². The van der Waals surface area contributed by atoms with Crippen LogP contribution in [0.5, 0.6) is 5.75 Å². The summed E-state index contributed by atoms with van der Waals surface area (Å²) in [4.78, 5) is 22.5. The molecule has 1 amide bonds. The maximum absolute atomic E-state index is 11.9. The predicted octanol–water partition coefficient (Wildman–Crippen LogP) is 1.83. The second-order valence-electron chi connectivity index (χ2n) is 5.31. The third-order valence-electron chi connectivity index (χ3n) is 3.37. The average molecular weight is 312 g/mol. The molecule has 3 N–H and O–H groups in total. The summed E-state index contributed by atoms with van der Waals surface area (Å²) < 4.78 is 5.45. The lowest BCUT2D eigenvalue weighted by Gasteiger charge is -2.13. The van der Waals surface area contributed by atoms with E-state index in [0.717, 1.165) is 11.8 Å². The van der Waals surface area contributed by atoms with Crippen molar-refractivity contribution in [1.29, 1.82) is 0 Å². The molecule has 1 atom stereocenters. The number of nitrogens with two attached hydrogens (primary N) is 1. The molecule has 0 radical (unpaired) electrons. The van der Waals surface area contributed by atoms with E-state index in [4.69, 9.17) is 10.5 Å². The first-order valence-electron chi connectivity index (χ1n) is 7.35. The number of amides is 1. The van der Waals surface area contributed by atoms with Crippen LogP contribution in [0.15, 0.2) is 48.5 Å². The minimum Gasteiger partial charge on any atom is -0.491 e. The van der Waals surface area contributed by atoms with E-state index in [9.17, 15) is 9.59 Å². The van der Waals surface area contributed by atoms with Crippen LogP contribution in [0.3, 0.4) is 0 Å². The van der Waals surface area contributed by atoms with Gasteiger partial charge in [0.05, 0.1) is 0 Å². The van der Waals surface area contributed by atoms with Crippen LogP contribution in [0.1, 0.15) is 21.5 Å². The van der Waals surface area contributed by atoms with Gasteiger partial charge in [-0.05, 0) is 36.8 Å². The number of ether oxygens (including phenoxy) is 1. The minimum atomic E-state index is -0.758. The number of nitrogens with one attached hydrogen (secondary N) is 1. The highest BCUT2D eigenvalue weighted by atomic mass is 16.5. The fraction of sp³-hybridized carbons (Fsp3) is 0.222. The Labute approximate surface area is 135 Å². The third-order valence-corrected chi connectivity index (χ3v) is 3.37. The van der Waals surface area contributed by atoms with Crippen LogP contribution in [0.25, 0.3) is 0 Å². The quantitative estimate of drug-likeness (QED) is 0.764. The van der Waals surface area contributed by atoms with E-state index in [1.54, 1.807) is 24.3 Å². The Morgan fingerprint density at radius 3 is 2.43 bits per heavy atom.